The highest BCUT2D eigenvalue weighted by Crippen LogP contribution is 2.31. The van der Waals surface area contributed by atoms with Crippen LogP contribution < -0.4 is 5.32 Å². The van der Waals surface area contributed by atoms with Crippen LogP contribution in [0.3, 0.4) is 0 Å². The van der Waals surface area contributed by atoms with Crippen molar-refractivity contribution < 1.29 is 9.84 Å². The molecule has 0 bridgehead atoms. The Morgan fingerprint density at radius 3 is 2.43 bits per heavy atom. The summed E-state index contributed by atoms with van der Waals surface area (Å²) in [5.41, 5.74) is 0.914. The molecule has 0 aliphatic carbocycles. The second-order valence-electron chi connectivity index (χ2n) is 5.66. The summed E-state index contributed by atoms with van der Waals surface area (Å²) in [5, 5.41) is 15.3. The highest BCUT2D eigenvalue weighted by atomic mass is 35.5. The first kappa shape index (κ1) is 18.0. The van der Waals surface area contributed by atoms with Gasteiger partial charge in [0.05, 0.1) is 12.2 Å². The van der Waals surface area contributed by atoms with Gasteiger partial charge in [-0.15, -0.1) is 0 Å². The van der Waals surface area contributed by atoms with Crippen molar-refractivity contribution in [3.05, 3.63) is 70.7 Å². The molecule has 4 heteroatoms. The van der Waals surface area contributed by atoms with Crippen LogP contribution in [-0.4, -0.2) is 31.9 Å². The van der Waals surface area contributed by atoms with E-state index >= 15 is 0 Å². The van der Waals surface area contributed by atoms with E-state index in [1.165, 1.54) is 0 Å². The topological polar surface area (TPSA) is 41.5 Å². The van der Waals surface area contributed by atoms with Crippen molar-refractivity contribution >= 4 is 11.6 Å². The van der Waals surface area contributed by atoms with E-state index in [2.05, 4.69) is 5.32 Å². The maximum absolute atomic E-state index is 11.3. The molecule has 1 unspecified atom stereocenters. The largest absolute Gasteiger partial charge is 0.385 e. The molecule has 0 aliphatic heterocycles. The number of halogens is 1. The fourth-order valence-electron chi connectivity index (χ4n) is 2.63. The lowest BCUT2D eigenvalue weighted by Gasteiger charge is -2.29. The molecule has 1 atom stereocenters. The Bertz CT molecular complexity index is 591. The summed E-state index contributed by atoms with van der Waals surface area (Å²) in [5.74, 6) is 0. The number of ether oxygens (including phenoxy) is 1. The van der Waals surface area contributed by atoms with Gasteiger partial charge in [0.15, 0.2) is 0 Å². The van der Waals surface area contributed by atoms with E-state index in [9.17, 15) is 5.11 Å². The summed E-state index contributed by atoms with van der Waals surface area (Å²) in [6.07, 6.45) is 1.09. The molecule has 124 valence electrons. The monoisotopic (exact) mass is 333 g/mol. The van der Waals surface area contributed by atoms with E-state index in [0.717, 1.165) is 17.7 Å². The Hall–Kier alpha value is -1.39. The van der Waals surface area contributed by atoms with Crippen molar-refractivity contribution in [3.63, 3.8) is 0 Å². The fraction of sp³-hybridized carbons (Fsp3) is 0.368. The Balaban J connectivity index is 2.13. The van der Waals surface area contributed by atoms with E-state index < -0.39 is 5.60 Å². The van der Waals surface area contributed by atoms with Gasteiger partial charge in [-0.05, 0) is 30.2 Å². The molecule has 0 fully saturated rings. The molecule has 2 aromatic carbocycles. The summed E-state index contributed by atoms with van der Waals surface area (Å²) in [4.78, 5) is 0. The molecule has 0 heterocycles. The molecule has 0 saturated heterocycles. The first-order chi connectivity index (χ1) is 11.2. The van der Waals surface area contributed by atoms with E-state index in [-0.39, 0.29) is 0 Å². The van der Waals surface area contributed by atoms with E-state index in [0.29, 0.717) is 31.0 Å². The van der Waals surface area contributed by atoms with Gasteiger partial charge in [-0.3, -0.25) is 0 Å². The van der Waals surface area contributed by atoms with Gasteiger partial charge in [0.2, 0.25) is 0 Å². The Morgan fingerprint density at radius 2 is 1.74 bits per heavy atom. The molecule has 23 heavy (non-hydrogen) atoms. The van der Waals surface area contributed by atoms with Crippen molar-refractivity contribution in [2.45, 2.75) is 18.4 Å². The normalized spacial score (nSPS) is 13.7. The van der Waals surface area contributed by atoms with Gasteiger partial charge in [0.1, 0.15) is 0 Å². The number of benzene rings is 2. The van der Waals surface area contributed by atoms with Crippen molar-refractivity contribution in [1.82, 2.24) is 5.32 Å². The van der Waals surface area contributed by atoms with Crippen LogP contribution in [0.15, 0.2) is 54.6 Å². The van der Waals surface area contributed by atoms with Crippen LogP contribution in [0.1, 0.15) is 17.5 Å². The number of nitrogens with one attached hydrogen (secondary N) is 1. The number of aliphatic hydroxyl groups is 1. The highest BCUT2D eigenvalue weighted by molar-refractivity contribution is 6.31. The molecule has 3 nitrogen and oxygen atoms in total. The van der Waals surface area contributed by atoms with Crippen LogP contribution in [0.25, 0.3) is 0 Å². The summed E-state index contributed by atoms with van der Waals surface area (Å²) < 4.78 is 5.03. The van der Waals surface area contributed by atoms with Gasteiger partial charge < -0.3 is 15.2 Å². The molecule has 0 aliphatic rings. The molecule has 2 aromatic rings. The first-order valence-electron chi connectivity index (χ1n) is 7.87. The second kappa shape index (κ2) is 9.04. The molecule has 0 saturated carbocycles. The highest BCUT2D eigenvalue weighted by Gasteiger charge is 2.29. The van der Waals surface area contributed by atoms with E-state index in [1.807, 2.05) is 54.6 Å². The van der Waals surface area contributed by atoms with Crippen LogP contribution in [0.2, 0.25) is 5.02 Å². The van der Waals surface area contributed by atoms with Crippen molar-refractivity contribution in [1.29, 1.82) is 0 Å². The predicted molar refractivity (Wildman–Crippen MR) is 94.9 cm³/mol. The molecule has 0 radical (unpaired) electrons. The zero-order valence-electron chi connectivity index (χ0n) is 13.5. The van der Waals surface area contributed by atoms with Crippen molar-refractivity contribution in [2.75, 3.05) is 26.8 Å². The van der Waals surface area contributed by atoms with Gasteiger partial charge in [0, 0.05) is 25.1 Å². The van der Waals surface area contributed by atoms with Gasteiger partial charge in [-0.2, -0.15) is 0 Å². The van der Waals surface area contributed by atoms with Crippen LogP contribution in [0.4, 0.5) is 0 Å². The zero-order valence-corrected chi connectivity index (χ0v) is 14.2. The Morgan fingerprint density at radius 1 is 1.04 bits per heavy atom. The third-order valence-corrected chi connectivity index (χ3v) is 4.32. The predicted octanol–water partition coefficient (Wildman–Crippen LogP) is 3.40. The molecule has 0 amide bonds. The van der Waals surface area contributed by atoms with Gasteiger partial charge in [-0.25, -0.2) is 0 Å². The summed E-state index contributed by atoms with van der Waals surface area (Å²) in [6, 6.07) is 17.5. The molecule has 0 aromatic heterocycles. The lowest BCUT2D eigenvalue weighted by Crippen LogP contribution is -2.34. The fourth-order valence-corrected chi connectivity index (χ4v) is 2.84. The van der Waals surface area contributed by atoms with Crippen LogP contribution >= 0.6 is 11.6 Å². The minimum Gasteiger partial charge on any atom is -0.385 e. The Labute approximate surface area is 143 Å². The number of hydrogen-bond acceptors (Lipinski definition) is 3. The van der Waals surface area contributed by atoms with Crippen LogP contribution in [-0.2, 0) is 16.8 Å². The smallest absolute Gasteiger partial charge is 0.0949 e. The maximum Gasteiger partial charge on any atom is 0.0949 e. The average molecular weight is 334 g/mol. The van der Waals surface area contributed by atoms with Crippen LogP contribution in [0, 0.1) is 0 Å². The summed E-state index contributed by atoms with van der Waals surface area (Å²) >= 11 is 6.28. The molecule has 2 rings (SSSR count). The van der Waals surface area contributed by atoms with Gasteiger partial charge >= 0.3 is 0 Å². The molecule has 0 spiro atoms. The minimum atomic E-state index is -0.952. The Kier molecular flexibility index (Phi) is 7.06. The number of methoxy groups -OCH3 is 1. The first-order valence-corrected chi connectivity index (χ1v) is 8.24. The molecular formula is C19H24ClNO2. The van der Waals surface area contributed by atoms with E-state index in [1.54, 1.807) is 7.11 Å². The lowest BCUT2D eigenvalue weighted by molar-refractivity contribution is 0.0276. The summed E-state index contributed by atoms with van der Waals surface area (Å²) in [7, 11) is 1.68. The molecular weight excluding hydrogens is 310 g/mol. The SMILES string of the molecule is COCCNCCC(O)(Cc1ccccc1Cl)c1ccccc1. The summed E-state index contributed by atoms with van der Waals surface area (Å²) in [6.45, 7) is 2.14. The maximum atomic E-state index is 11.3. The zero-order chi connectivity index (χ0) is 16.5. The number of rotatable bonds is 9. The van der Waals surface area contributed by atoms with Crippen molar-refractivity contribution in [3.8, 4) is 0 Å². The quantitative estimate of drug-likeness (QED) is 0.691. The third kappa shape index (κ3) is 5.33. The van der Waals surface area contributed by atoms with Gasteiger partial charge in [0.25, 0.3) is 0 Å². The standard InChI is InChI=1S/C19H24ClNO2/c1-23-14-13-21-12-11-19(22,17-8-3-2-4-9-17)15-16-7-5-6-10-18(16)20/h2-10,21-22H,11-15H2,1H3. The lowest BCUT2D eigenvalue weighted by atomic mass is 9.84. The minimum absolute atomic E-state index is 0.489. The number of hydrogen-bond donors (Lipinski definition) is 2. The molecule has 2 N–H and O–H groups in total. The second-order valence-corrected chi connectivity index (χ2v) is 6.07. The third-order valence-electron chi connectivity index (χ3n) is 3.95. The van der Waals surface area contributed by atoms with E-state index in [4.69, 9.17) is 16.3 Å². The van der Waals surface area contributed by atoms with Gasteiger partial charge in [-0.1, -0.05) is 60.1 Å². The van der Waals surface area contributed by atoms with Crippen molar-refractivity contribution in [2.24, 2.45) is 0 Å². The van der Waals surface area contributed by atoms with Crippen LogP contribution in [0.5, 0.6) is 0 Å². The average Bonchev–Trinajstić information content (AvgIpc) is 2.58.